The Balaban J connectivity index is 2.41. The van der Waals surface area contributed by atoms with E-state index in [-0.39, 0.29) is 12.1 Å². The van der Waals surface area contributed by atoms with Crippen LogP contribution in [0.15, 0.2) is 0 Å². The van der Waals surface area contributed by atoms with Gasteiger partial charge in [0.05, 0.1) is 5.60 Å². The molecule has 3 heteroatoms. The van der Waals surface area contributed by atoms with Crippen molar-refractivity contribution in [2.24, 2.45) is 0 Å². The molecule has 1 N–H and O–H groups in total. The van der Waals surface area contributed by atoms with E-state index in [0.29, 0.717) is 12.8 Å². The van der Waals surface area contributed by atoms with Gasteiger partial charge >= 0.3 is 5.97 Å². The highest BCUT2D eigenvalue weighted by molar-refractivity contribution is 5.70. The van der Waals surface area contributed by atoms with E-state index < -0.39 is 5.60 Å². The van der Waals surface area contributed by atoms with E-state index in [2.05, 4.69) is 6.92 Å². The zero-order chi connectivity index (χ0) is 10.6. The molecule has 1 aliphatic rings. The number of rotatable bonds is 4. The van der Waals surface area contributed by atoms with E-state index in [1.54, 1.807) is 6.92 Å². The molecule has 1 fully saturated rings. The van der Waals surface area contributed by atoms with Gasteiger partial charge in [-0.3, -0.25) is 4.79 Å². The zero-order valence-corrected chi connectivity index (χ0v) is 9.08. The Bertz CT molecular complexity index is 199. The largest absolute Gasteiger partial charge is 0.459 e. The molecule has 1 rings (SSSR count). The van der Waals surface area contributed by atoms with Crippen LogP contribution in [0.4, 0.5) is 0 Å². The fraction of sp³-hybridized carbons (Fsp3) is 0.909. The molecule has 0 aromatic heterocycles. The lowest BCUT2D eigenvalue weighted by Crippen LogP contribution is -2.46. The standard InChI is InChI=1S/C11H20O3/c1-3-4-5-6-9-11(2,13)8-7-10(12)14-9/h9,13H,3-8H2,1-2H3. The summed E-state index contributed by atoms with van der Waals surface area (Å²) in [5, 5.41) is 9.97. The maximum atomic E-state index is 11.1. The first-order valence-corrected chi connectivity index (χ1v) is 5.48. The van der Waals surface area contributed by atoms with Gasteiger partial charge in [-0.2, -0.15) is 0 Å². The van der Waals surface area contributed by atoms with Crippen LogP contribution in [0.5, 0.6) is 0 Å². The van der Waals surface area contributed by atoms with E-state index in [0.717, 1.165) is 25.7 Å². The molecule has 82 valence electrons. The van der Waals surface area contributed by atoms with E-state index in [1.165, 1.54) is 0 Å². The Kier molecular flexibility index (Phi) is 3.93. The van der Waals surface area contributed by atoms with Crippen molar-refractivity contribution >= 4 is 5.97 Å². The Morgan fingerprint density at radius 3 is 2.93 bits per heavy atom. The van der Waals surface area contributed by atoms with Crippen LogP contribution >= 0.6 is 0 Å². The summed E-state index contributed by atoms with van der Waals surface area (Å²) in [4.78, 5) is 11.1. The highest BCUT2D eigenvalue weighted by atomic mass is 16.6. The second-order valence-electron chi connectivity index (χ2n) is 4.33. The molecule has 2 unspecified atom stereocenters. The molecule has 0 radical (unpaired) electrons. The summed E-state index contributed by atoms with van der Waals surface area (Å²) in [7, 11) is 0. The van der Waals surface area contributed by atoms with E-state index in [1.807, 2.05) is 0 Å². The second-order valence-corrected chi connectivity index (χ2v) is 4.33. The Morgan fingerprint density at radius 2 is 2.29 bits per heavy atom. The molecular weight excluding hydrogens is 180 g/mol. The summed E-state index contributed by atoms with van der Waals surface area (Å²) in [6.45, 7) is 3.89. The van der Waals surface area contributed by atoms with Crippen molar-refractivity contribution < 1.29 is 14.6 Å². The minimum absolute atomic E-state index is 0.168. The number of unbranched alkanes of at least 4 members (excludes halogenated alkanes) is 2. The SMILES string of the molecule is CCCCCC1OC(=O)CCC1(C)O. The van der Waals surface area contributed by atoms with Gasteiger partial charge in [0.25, 0.3) is 0 Å². The minimum Gasteiger partial charge on any atom is -0.459 e. The zero-order valence-electron chi connectivity index (χ0n) is 9.08. The van der Waals surface area contributed by atoms with Gasteiger partial charge in [-0.15, -0.1) is 0 Å². The molecule has 3 nitrogen and oxygen atoms in total. The molecule has 2 atom stereocenters. The minimum atomic E-state index is -0.818. The van der Waals surface area contributed by atoms with Crippen molar-refractivity contribution in [2.75, 3.05) is 0 Å². The van der Waals surface area contributed by atoms with Crippen LogP contribution in [0, 0.1) is 0 Å². The third-order valence-electron chi connectivity index (χ3n) is 2.87. The third-order valence-corrected chi connectivity index (χ3v) is 2.87. The molecule has 0 amide bonds. The predicted molar refractivity (Wildman–Crippen MR) is 53.9 cm³/mol. The van der Waals surface area contributed by atoms with Crippen molar-refractivity contribution in [1.82, 2.24) is 0 Å². The highest BCUT2D eigenvalue weighted by Crippen LogP contribution is 2.29. The Morgan fingerprint density at radius 1 is 1.57 bits per heavy atom. The Labute approximate surface area is 85.5 Å². The predicted octanol–water partition coefficient (Wildman–Crippen LogP) is 2.02. The van der Waals surface area contributed by atoms with Crippen LogP contribution in [0.25, 0.3) is 0 Å². The van der Waals surface area contributed by atoms with Gasteiger partial charge in [-0.25, -0.2) is 0 Å². The number of aliphatic hydroxyl groups is 1. The Hall–Kier alpha value is -0.570. The fourth-order valence-electron chi connectivity index (χ4n) is 1.81. The van der Waals surface area contributed by atoms with Gasteiger partial charge in [0.2, 0.25) is 0 Å². The summed E-state index contributed by atoms with van der Waals surface area (Å²) in [5.74, 6) is -0.168. The average Bonchev–Trinajstić information content (AvgIpc) is 2.12. The molecule has 1 saturated heterocycles. The summed E-state index contributed by atoms with van der Waals surface area (Å²) in [5.41, 5.74) is -0.818. The number of ether oxygens (including phenoxy) is 1. The maximum Gasteiger partial charge on any atom is 0.306 e. The highest BCUT2D eigenvalue weighted by Gasteiger charge is 2.38. The van der Waals surface area contributed by atoms with Gasteiger partial charge in [-0.1, -0.05) is 19.8 Å². The molecule has 0 aliphatic carbocycles. The molecule has 1 heterocycles. The molecule has 0 aromatic rings. The first kappa shape index (κ1) is 11.5. The van der Waals surface area contributed by atoms with Crippen molar-refractivity contribution in [3.05, 3.63) is 0 Å². The summed E-state index contributed by atoms with van der Waals surface area (Å²) in [6.07, 6.45) is 4.65. The van der Waals surface area contributed by atoms with Crippen LogP contribution < -0.4 is 0 Å². The number of hydrogen-bond acceptors (Lipinski definition) is 3. The summed E-state index contributed by atoms with van der Waals surface area (Å²) >= 11 is 0. The molecule has 1 aliphatic heterocycles. The maximum absolute atomic E-state index is 11.1. The molecule has 0 saturated carbocycles. The van der Waals surface area contributed by atoms with E-state index in [4.69, 9.17) is 4.74 Å². The number of carbonyl (C=O) groups is 1. The van der Waals surface area contributed by atoms with Gasteiger partial charge < -0.3 is 9.84 Å². The van der Waals surface area contributed by atoms with Gasteiger partial charge in [0.15, 0.2) is 0 Å². The van der Waals surface area contributed by atoms with Gasteiger partial charge in [0.1, 0.15) is 6.10 Å². The van der Waals surface area contributed by atoms with Crippen molar-refractivity contribution in [1.29, 1.82) is 0 Å². The monoisotopic (exact) mass is 200 g/mol. The second kappa shape index (κ2) is 4.78. The first-order chi connectivity index (χ1) is 6.56. The van der Waals surface area contributed by atoms with E-state index in [9.17, 15) is 9.90 Å². The molecular formula is C11H20O3. The van der Waals surface area contributed by atoms with Crippen molar-refractivity contribution in [3.8, 4) is 0 Å². The van der Waals surface area contributed by atoms with Gasteiger partial charge in [0, 0.05) is 6.42 Å². The number of cyclic esters (lactones) is 1. The van der Waals surface area contributed by atoms with Gasteiger partial charge in [-0.05, 0) is 26.2 Å². The first-order valence-electron chi connectivity index (χ1n) is 5.48. The lowest BCUT2D eigenvalue weighted by Gasteiger charge is -2.36. The van der Waals surface area contributed by atoms with Crippen LogP contribution in [0.3, 0.4) is 0 Å². The van der Waals surface area contributed by atoms with Crippen LogP contribution in [0.2, 0.25) is 0 Å². The molecule has 14 heavy (non-hydrogen) atoms. The lowest BCUT2D eigenvalue weighted by molar-refractivity contribution is -0.178. The number of esters is 1. The van der Waals surface area contributed by atoms with Crippen LogP contribution in [-0.4, -0.2) is 22.8 Å². The van der Waals surface area contributed by atoms with Crippen molar-refractivity contribution in [3.63, 3.8) is 0 Å². The summed E-state index contributed by atoms with van der Waals surface area (Å²) in [6, 6.07) is 0. The molecule has 0 spiro atoms. The summed E-state index contributed by atoms with van der Waals surface area (Å²) < 4.78 is 5.16. The quantitative estimate of drug-likeness (QED) is 0.558. The fourth-order valence-corrected chi connectivity index (χ4v) is 1.81. The molecule has 0 bridgehead atoms. The smallest absolute Gasteiger partial charge is 0.306 e. The van der Waals surface area contributed by atoms with Crippen LogP contribution in [0.1, 0.15) is 52.4 Å². The lowest BCUT2D eigenvalue weighted by atomic mass is 9.88. The van der Waals surface area contributed by atoms with Crippen LogP contribution in [-0.2, 0) is 9.53 Å². The molecule has 0 aromatic carbocycles. The topological polar surface area (TPSA) is 46.5 Å². The van der Waals surface area contributed by atoms with Crippen molar-refractivity contribution in [2.45, 2.75) is 64.1 Å². The average molecular weight is 200 g/mol. The number of hydrogen-bond donors (Lipinski definition) is 1. The third kappa shape index (κ3) is 2.98. The normalized spacial score (nSPS) is 32.8. The van der Waals surface area contributed by atoms with E-state index >= 15 is 0 Å². The number of carbonyl (C=O) groups excluding carboxylic acids is 1.